The Balaban J connectivity index is 3.08. The van der Waals surface area contributed by atoms with Crippen molar-refractivity contribution in [3.8, 4) is 5.75 Å². The fourth-order valence-electron chi connectivity index (χ4n) is 1.35. The van der Waals surface area contributed by atoms with E-state index in [2.05, 4.69) is 0 Å². The molecule has 0 amide bonds. The van der Waals surface area contributed by atoms with Gasteiger partial charge in [-0.15, -0.1) is 0 Å². The summed E-state index contributed by atoms with van der Waals surface area (Å²) in [5.74, 6) is 0.876. The van der Waals surface area contributed by atoms with Crippen LogP contribution >= 0.6 is 0 Å². The highest BCUT2D eigenvalue weighted by Crippen LogP contribution is 2.23. The van der Waals surface area contributed by atoms with Gasteiger partial charge in [0.25, 0.3) is 0 Å². The molecule has 0 fully saturated rings. The molecule has 0 spiro atoms. The van der Waals surface area contributed by atoms with Crippen molar-refractivity contribution in [2.24, 2.45) is 11.5 Å². The van der Waals surface area contributed by atoms with Crippen LogP contribution in [0.4, 0.5) is 0 Å². The van der Waals surface area contributed by atoms with Crippen LogP contribution in [-0.4, -0.2) is 13.7 Å². The van der Waals surface area contributed by atoms with Gasteiger partial charge in [0.15, 0.2) is 0 Å². The zero-order valence-corrected chi connectivity index (χ0v) is 9.00. The van der Waals surface area contributed by atoms with Crippen LogP contribution < -0.4 is 16.2 Å². The highest BCUT2D eigenvalue weighted by atomic mass is 16.5. The SMILES string of the molecule is COc1ccc(C(C)(N)CN)cc1C. The molecule has 0 aliphatic rings. The Bertz CT molecular complexity index is 321. The molecule has 4 N–H and O–H groups in total. The van der Waals surface area contributed by atoms with E-state index < -0.39 is 5.54 Å². The van der Waals surface area contributed by atoms with E-state index in [4.69, 9.17) is 16.2 Å². The summed E-state index contributed by atoms with van der Waals surface area (Å²) in [6.07, 6.45) is 0. The number of ether oxygens (including phenoxy) is 1. The number of nitrogens with two attached hydrogens (primary N) is 2. The van der Waals surface area contributed by atoms with E-state index in [0.717, 1.165) is 16.9 Å². The molecule has 0 saturated heterocycles. The second-order valence-corrected chi connectivity index (χ2v) is 3.81. The molecule has 0 bridgehead atoms. The second kappa shape index (κ2) is 3.98. The maximum absolute atomic E-state index is 6.03. The minimum Gasteiger partial charge on any atom is -0.496 e. The van der Waals surface area contributed by atoms with Crippen LogP contribution in [0.1, 0.15) is 18.1 Å². The van der Waals surface area contributed by atoms with E-state index >= 15 is 0 Å². The normalized spacial score (nSPS) is 14.9. The minimum absolute atomic E-state index is 0.429. The van der Waals surface area contributed by atoms with Crippen LogP contribution in [0.5, 0.6) is 5.75 Å². The van der Waals surface area contributed by atoms with Gasteiger partial charge < -0.3 is 16.2 Å². The number of aryl methyl sites for hydroxylation is 1. The monoisotopic (exact) mass is 194 g/mol. The average molecular weight is 194 g/mol. The van der Waals surface area contributed by atoms with Crippen molar-refractivity contribution in [2.45, 2.75) is 19.4 Å². The quantitative estimate of drug-likeness (QED) is 0.758. The molecule has 1 rings (SSSR count). The van der Waals surface area contributed by atoms with Gasteiger partial charge in [-0.25, -0.2) is 0 Å². The lowest BCUT2D eigenvalue weighted by atomic mass is 9.92. The van der Waals surface area contributed by atoms with Gasteiger partial charge in [0.05, 0.1) is 12.6 Å². The Hall–Kier alpha value is -1.06. The van der Waals surface area contributed by atoms with Gasteiger partial charge in [-0.2, -0.15) is 0 Å². The van der Waals surface area contributed by atoms with Crippen LogP contribution in [-0.2, 0) is 5.54 Å². The molecule has 0 saturated carbocycles. The van der Waals surface area contributed by atoms with Crippen LogP contribution in [0.15, 0.2) is 18.2 Å². The van der Waals surface area contributed by atoms with Crippen molar-refractivity contribution >= 4 is 0 Å². The Morgan fingerprint density at radius 2 is 2.07 bits per heavy atom. The van der Waals surface area contributed by atoms with Crippen molar-refractivity contribution in [3.63, 3.8) is 0 Å². The molecule has 1 aromatic rings. The smallest absolute Gasteiger partial charge is 0.121 e. The summed E-state index contributed by atoms with van der Waals surface area (Å²) in [7, 11) is 1.66. The van der Waals surface area contributed by atoms with Gasteiger partial charge in [0.1, 0.15) is 5.75 Å². The Morgan fingerprint density at radius 1 is 1.43 bits per heavy atom. The molecular formula is C11H18N2O. The van der Waals surface area contributed by atoms with Crippen LogP contribution in [0.25, 0.3) is 0 Å². The van der Waals surface area contributed by atoms with Crippen molar-refractivity contribution in [1.29, 1.82) is 0 Å². The van der Waals surface area contributed by atoms with E-state index in [1.54, 1.807) is 7.11 Å². The van der Waals surface area contributed by atoms with Gasteiger partial charge in [0, 0.05) is 6.54 Å². The fourth-order valence-corrected chi connectivity index (χ4v) is 1.35. The third-order valence-corrected chi connectivity index (χ3v) is 2.48. The summed E-state index contributed by atoms with van der Waals surface area (Å²) in [6, 6.07) is 5.90. The van der Waals surface area contributed by atoms with Crippen molar-refractivity contribution < 1.29 is 4.74 Å². The van der Waals surface area contributed by atoms with Crippen molar-refractivity contribution in [2.75, 3.05) is 13.7 Å². The van der Waals surface area contributed by atoms with E-state index in [0.29, 0.717) is 6.54 Å². The van der Waals surface area contributed by atoms with Gasteiger partial charge in [-0.3, -0.25) is 0 Å². The van der Waals surface area contributed by atoms with Crippen molar-refractivity contribution in [3.05, 3.63) is 29.3 Å². The van der Waals surface area contributed by atoms with Crippen LogP contribution in [0.2, 0.25) is 0 Å². The molecule has 1 unspecified atom stereocenters. The molecular weight excluding hydrogens is 176 g/mol. The molecule has 0 aromatic heterocycles. The molecule has 14 heavy (non-hydrogen) atoms. The Morgan fingerprint density at radius 3 is 2.50 bits per heavy atom. The highest BCUT2D eigenvalue weighted by Gasteiger charge is 2.19. The first-order valence-electron chi connectivity index (χ1n) is 4.65. The van der Waals surface area contributed by atoms with Gasteiger partial charge in [-0.1, -0.05) is 12.1 Å². The molecule has 0 aliphatic heterocycles. The van der Waals surface area contributed by atoms with Crippen LogP contribution in [0, 0.1) is 6.92 Å². The Kier molecular flexibility index (Phi) is 3.13. The molecule has 0 aliphatic carbocycles. The van der Waals surface area contributed by atoms with E-state index in [1.807, 2.05) is 32.0 Å². The largest absolute Gasteiger partial charge is 0.496 e. The lowest BCUT2D eigenvalue weighted by Crippen LogP contribution is -2.40. The first kappa shape index (κ1) is 11.0. The average Bonchev–Trinajstić information content (AvgIpc) is 2.17. The predicted octanol–water partition coefficient (Wildman–Crippen LogP) is 1.14. The number of rotatable bonds is 3. The summed E-state index contributed by atoms with van der Waals surface area (Å²) in [5, 5.41) is 0. The topological polar surface area (TPSA) is 61.3 Å². The number of methoxy groups -OCH3 is 1. The second-order valence-electron chi connectivity index (χ2n) is 3.81. The third-order valence-electron chi connectivity index (χ3n) is 2.48. The number of benzene rings is 1. The number of hydrogen-bond donors (Lipinski definition) is 2. The summed E-state index contributed by atoms with van der Waals surface area (Å²) < 4.78 is 5.17. The lowest BCUT2D eigenvalue weighted by Gasteiger charge is -2.23. The first-order valence-corrected chi connectivity index (χ1v) is 4.65. The zero-order chi connectivity index (χ0) is 10.8. The Labute approximate surface area is 85.0 Å². The van der Waals surface area contributed by atoms with E-state index in [1.165, 1.54) is 0 Å². The van der Waals surface area contributed by atoms with Gasteiger partial charge in [-0.05, 0) is 31.0 Å². The molecule has 1 atom stereocenters. The highest BCUT2D eigenvalue weighted by molar-refractivity contribution is 5.38. The molecule has 78 valence electrons. The van der Waals surface area contributed by atoms with Crippen LogP contribution in [0.3, 0.4) is 0 Å². The maximum atomic E-state index is 6.03. The molecule has 0 radical (unpaired) electrons. The summed E-state index contributed by atoms with van der Waals surface area (Å²) in [5.41, 5.74) is 13.3. The third kappa shape index (κ3) is 2.05. The maximum Gasteiger partial charge on any atom is 0.121 e. The van der Waals surface area contributed by atoms with E-state index in [9.17, 15) is 0 Å². The lowest BCUT2D eigenvalue weighted by molar-refractivity contribution is 0.410. The molecule has 3 heteroatoms. The fraction of sp³-hybridized carbons (Fsp3) is 0.455. The summed E-state index contributed by atoms with van der Waals surface area (Å²) >= 11 is 0. The molecule has 0 heterocycles. The summed E-state index contributed by atoms with van der Waals surface area (Å²) in [4.78, 5) is 0. The minimum atomic E-state index is -0.461. The molecule has 1 aromatic carbocycles. The number of hydrogen-bond acceptors (Lipinski definition) is 3. The zero-order valence-electron chi connectivity index (χ0n) is 9.00. The van der Waals surface area contributed by atoms with E-state index in [-0.39, 0.29) is 0 Å². The van der Waals surface area contributed by atoms with Gasteiger partial charge >= 0.3 is 0 Å². The summed E-state index contributed by atoms with van der Waals surface area (Å²) in [6.45, 7) is 4.35. The first-order chi connectivity index (χ1) is 6.51. The molecule has 3 nitrogen and oxygen atoms in total. The standard InChI is InChI=1S/C11H18N2O/c1-8-6-9(11(2,13)7-12)4-5-10(8)14-3/h4-6H,7,12-13H2,1-3H3. The van der Waals surface area contributed by atoms with Gasteiger partial charge in [0.2, 0.25) is 0 Å². The predicted molar refractivity (Wildman–Crippen MR) is 58.3 cm³/mol. The van der Waals surface area contributed by atoms with Crippen molar-refractivity contribution in [1.82, 2.24) is 0 Å².